The van der Waals surface area contributed by atoms with Crippen LogP contribution >= 0.6 is 0 Å². The SMILES string of the molecule is CNc1ncnc(N(C)Cc2ccccc2OC)c1C. The molecule has 0 spiro atoms. The highest BCUT2D eigenvalue weighted by molar-refractivity contribution is 5.57. The van der Waals surface area contributed by atoms with Crippen molar-refractivity contribution in [2.45, 2.75) is 13.5 Å². The quantitative estimate of drug-likeness (QED) is 0.906. The van der Waals surface area contributed by atoms with Gasteiger partial charge in [0.1, 0.15) is 23.7 Å². The van der Waals surface area contributed by atoms with Crippen molar-refractivity contribution in [3.05, 3.63) is 41.7 Å². The number of ether oxygens (including phenoxy) is 1. The molecule has 2 aromatic rings. The predicted molar refractivity (Wildman–Crippen MR) is 81.4 cm³/mol. The van der Waals surface area contributed by atoms with Gasteiger partial charge in [0.15, 0.2) is 0 Å². The summed E-state index contributed by atoms with van der Waals surface area (Å²) < 4.78 is 5.39. The average Bonchev–Trinajstić information content (AvgIpc) is 2.48. The Kier molecular flexibility index (Phi) is 4.40. The van der Waals surface area contributed by atoms with Crippen LogP contribution in [0.5, 0.6) is 5.75 Å². The topological polar surface area (TPSA) is 50.3 Å². The summed E-state index contributed by atoms with van der Waals surface area (Å²) in [6, 6.07) is 8.01. The molecule has 1 aromatic heterocycles. The zero-order valence-corrected chi connectivity index (χ0v) is 12.3. The highest BCUT2D eigenvalue weighted by atomic mass is 16.5. The van der Waals surface area contributed by atoms with Gasteiger partial charge >= 0.3 is 0 Å². The zero-order chi connectivity index (χ0) is 14.5. The summed E-state index contributed by atoms with van der Waals surface area (Å²) in [5.74, 6) is 2.65. The molecule has 0 bridgehead atoms. The Bertz CT molecular complexity index is 586. The molecule has 5 nitrogen and oxygen atoms in total. The lowest BCUT2D eigenvalue weighted by molar-refractivity contribution is 0.409. The van der Waals surface area contributed by atoms with Crippen LogP contribution in [0.4, 0.5) is 11.6 Å². The van der Waals surface area contributed by atoms with Gasteiger partial charge in [-0.3, -0.25) is 0 Å². The second-order valence-electron chi connectivity index (χ2n) is 4.59. The van der Waals surface area contributed by atoms with Crippen LogP contribution in [0.25, 0.3) is 0 Å². The van der Waals surface area contributed by atoms with E-state index in [9.17, 15) is 0 Å². The zero-order valence-electron chi connectivity index (χ0n) is 12.3. The second kappa shape index (κ2) is 6.23. The van der Waals surface area contributed by atoms with E-state index < -0.39 is 0 Å². The molecule has 0 atom stereocenters. The third-order valence-electron chi connectivity index (χ3n) is 3.26. The first-order valence-corrected chi connectivity index (χ1v) is 6.49. The number of methoxy groups -OCH3 is 1. The van der Waals surface area contributed by atoms with Gasteiger partial charge in [0.2, 0.25) is 0 Å². The maximum Gasteiger partial charge on any atom is 0.137 e. The van der Waals surface area contributed by atoms with Crippen molar-refractivity contribution >= 4 is 11.6 Å². The van der Waals surface area contributed by atoms with Gasteiger partial charge in [-0.1, -0.05) is 18.2 Å². The Labute approximate surface area is 119 Å². The van der Waals surface area contributed by atoms with E-state index in [1.54, 1.807) is 13.4 Å². The van der Waals surface area contributed by atoms with Crippen molar-refractivity contribution in [3.63, 3.8) is 0 Å². The highest BCUT2D eigenvalue weighted by Crippen LogP contribution is 2.25. The van der Waals surface area contributed by atoms with Gasteiger partial charge in [-0.05, 0) is 13.0 Å². The Hall–Kier alpha value is -2.30. The summed E-state index contributed by atoms with van der Waals surface area (Å²) in [7, 11) is 5.56. The van der Waals surface area contributed by atoms with E-state index in [4.69, 9.17) is 4.74 Å². The predicted octanol–water partition coefficient (Wildman–Crippen LogP) is 2.47. The Balaban J connectivity index is 2.26. The van der Waals surface area contributed by atoms with Crippen molar-refractivity contribution in [1.29, 1.82) is 0 Å². The van der Waals surface area contributed by atoms with Crippen LogP contribution in [0.2, 0.25) is 0 Å². The monoisotopic (exact) mass is 272 g/mol. The highest BCUT2D eigenvalue weighted by Gasteiger charge is 2.12. The molecular weight excluding hydrogens is 252 g/mol. The molecule has 0 fully saturated rings. The van der Waals surface area contributed by atoms with E-state index in [0.717, 1.165) is 35.1 Å². The Morgan fingerprint density at radius 3 is 2.70 bits per heavy atom. The first-order valence-electron chi connectivity index (χ1n) is 6.49. The number of aromatic nitrogens is 2. The molecule has 0 unspecified atom stereocenters. The lowest BCUT2D eigenvalue weighted by Crippen LogP contribution is -2.20. The molecule has 5 heteroatoms. The number of rotatable bonds is 5. The van der Waals surface area contributed by atoms with Gasteiger partial charge < -0.3 is 15.0 Å². The molecule has 2 rings (SSSR count). The number of hydrogen-bond donors (Lipinski definition) is 1. The molecule has 0 aliphatic rings. The molecule has 0 aliphatic heterocycles. The summed E-state index contributed by atoms with van der Waals surface area (Å²) in [5.41, 5.74) is 2.16. The Morgan fingerprint density at radius 1 is 1.25 bits per heavy atom. The molecule has 1 heterocycles. The maximum atomic E-state index is 5.39. The van der Waals surface area contributed by atoms with Gasteiger partial charge in [0.25, 0.3) is 0 Å². The molecule has 0 saturated heterocycles. The summed E-state index contributed by atoms with van der Waals surface area (Å²) in [5, 5.41) is 3.07. The van der Waals surface area contributed by atoms with Crippen molar-refractivity contribution in [3.8, 4) is 5.75 Å². The fraction of sp³-hybridized carbons (Fsp3) is 0.333. The largest absolute Gasteiger partial charge is 0.496 e. The lowest BCUT2D eigenvalue weighted by atomic mass is 10.2. The number of para-hydroxylation sites is 1. The van der Waals surface area contributed by atoms with Gasteiger partial charge in [-0.25, -0.2) is 9.97 Å². The van der Waals surface area contributed by atoms with Gasteiger partial charge in [-0.15, -0.1) is 0 Å². The summed E-state index contributed by atoms with van der Waals surface area (Å²) in [6.07, 6.45) is 1.58. The van der Waals surface area contributed by atoms with E-state index in [2.05, 4.69) is 26.3 Å². The number of benzene rings is 1. The fourth-order valence-electron chi connectivity index (χ4n) is 2.24. The van der Waals surface area contributed by atoms with Crippen LogP contribution in [0.1, 0.15) is 11.1 Å². The molecule has 0 saturated carbocycles. The van der Waals surface area contributed by atoms with Crippen LogP contribution in [0, 0.1) is 6.92 Å². The van der Waals surface area contributed by atoms with Crippen molar-refractivity contribution in [2.75, 3.05) is 31.4 Å². The molecule has 0 aliphatic carbocycles. The van der Waals surface area contributed by atoms with Gasteiger partial charge in [0, 0.05) is 31.8 Å². The van der Waals surface area contributed by atoms with E-state index in [1.807, 2.05) is 39.2 Å². The van der Waals surface area contributed by atoms with Crippen LogP contribution in [-0.4, -0.2) is 31.2 Å². The van der Waals surface area contributed by atoms with Gasteiger partial charge in [-0.2, -0.15) is 0 Å². The van der Waals surface area contributed by atoms with Crippen LogP contribution in [-0.2, 0) is 6.54 Å². The standard InChI is InChI=1S/C15H20N4O/c1-11-14(16-2)17-10-18-15(11)19(3)9-12-7-5-6-8-13(12)20-4/h5-8,10H,9H2,1-4H3,(H,16,17,18). The lowest BCUT2D eigenvalue weighted by Gasteiger charge is -2.22. The van der Waals surface area contributed by atoms with E-state index in [-0.39, 0.29) is 0 Å². The molecule has 106 valence electrons. The van der Waals surface area contributed by atoms with Crippen LogP contribution in [0.3, 0.4) is 0 Å². The number of nitrogens with one attached hydrogen (secondary N) is 1. The third-order valence-corrected chi connectivity index (χ3v) is 3.26. The molecular formula is C15H20N4O. The normalized spacial score (nSPS) is 10.2. The van der Waals surface area contributed by atoms with Gasteiger partial charge in [0.05, 0.1) is 7.11 Å². The van der Waals surface area contributed by atoms with E-state index in [1.165, 1.54) is 0 Å². The van der Waals surface area contributed by atoms with Crippen LogP contribution in [0.15, 0.2) is 30.6 Å². The number of anilines is 2. The van der Waals surface area contributed by atoms with E-state index >= 15 is 0 Å². The molecule has 20 heavy (non-hydrogen) atoms. The van der Waals surface area contributed by atoms with Crippen molar-refractivity contribution in [2.24, 2.45) is 0 Å². The molecule has 1 N–H and O–H groups in total. The average molecular weight is 272 g/mol. The van der Waals surface area contributed by atoms with Crippen LogP contribution < -0.4 is 15.0 Å². The fourth-order valence-corrected chi connectivity index (χ4v) is 2.24. The maximum absolute atomic E-state index is 5.39. The van der Waals surface area contributed by atoms with E-state index in [0.29, 0.717) is 0 Å². The smallest absolute Gasteiger partial charge is 0.137 e. The van der Waals surface area contributed by atoms with Crippen molar-refractivity contribution < 1.29 is 4.74 Å². The van der Waals surface area contributed by atoms with Crippen molar-refractivity contribution in [1.82, 2.24) is 9.97 Å². The minimum atomic E-state index is 0.727. The Morgan fingerprint density at radius 2 is 2.00 bits per heavy atom. The minimum Gasteiger partial charge on any atom is -0.496 e. The molecule has 1 aromatic carbocycles. The molecule has 0 radical (unpaired) electrons. The minimum absolute atomic E-state index is 0.727. The molecule has 0 amide bonds. The summed E-state index contributed by atoms with van der Waals surface area (Å²) >= 11 is 0. The summed E-state index contributed by atoms with van der Waals surface area (Å²) in [6.45, 7) is 2.74. The number of hydrogen-bond acceptors (Lipinski definition) is 5. The number of nitrogens with zero attached hydrogens (tertiary/aromatic N) is 3. The third kappa shape index (κ3) is 2.82. The first-order chi connectivity index (χ1) is 9.67. The summed E-state index contributed by atoms with van der Waals surface area (Å²) in [4.78, 5) is 10.7. The first kappa shape index (κ1) is 14.1. The second-order valence-corrected chi connectivity index (χ2v) is 4.59.